The maximum absolute atomic E-state index is 4.97. The van der Waals surface area contributed by atoms with Crippen LogP contribution in [0.2, 0.25) is 0 Å². The van der Waals surface area contributed by atoms with Crippen molar-refractivity contribution in [2.45, 2.75) is 32.6 Å². The SMILES string of the molecule is COCCNCC=CC1CCCC(C)C1. The molecule has 2 nitrogen and oxygen atoms in total. The van der Waals surface area contributed by atoms with E-state index >= 15 is 0 Å². The minimum absolute atomic E-state index is 0.800. The molecule has 2 heteroatoms. The zero-order valence-electron chi connectivity index (χ0n) is 10.2. The van der Waals surface area contributed by atoms with Crippen LogP contribution < -0.4 is 5.32 Å². The fraction of sp³-hybridized carbons (Fsp3) is 0.846. The molecule has 0 aliphatic heterocycles. The molecule has 2 unspecified atom stereocenters. The van der Waals surface area contributed by atoms with Gasteiger partial charge in [-0.15, -0.1) is 0 Å². The van der Waals surface area contributed by atoms with E-state index in [-0.39, 0.29) is 0 Å². The fourth-order valence-electron chi connectivity index (χ4n) is 2.28. The second kappa shape index (κ2) is 7.89. The van der Waals surface area contributed by atoms with Crippen molar-refractivity contribution < 1.29 is 4.74 Å². The third kappa shape index (κ3) is 5.95. The van der Waals surface area contributed by atoms with E-state index in [9.17, 15) is 0 Å². The van der Waals surface area contributed by atoms with Gasteiger partial charge in [0.25, 0.3) is 0 Å². The summed E-state index contributed by atoms with van der Waals surface area (Å²) in [6, 6.07) is 0. The minimum Gasteiger partial charge on any atom is -0.383 e. The summed E-state index contributed by atoms with van der Waals surface area (Å²) in [6.45, 7) is 5.10. The Morgan fingerprint density at radius 3 is 3.00 bits per heavy atom. The first-order chi connectivity index (χ1) is 7.33. The van der Waals surface area contributed by atoms with Gasteiger partial charge >= 0.3 is 0 Å². The topological polar surface area (TPSA) is 21.3 Å². The highest BCUT2D eigenvalue weighted by Gasteiger charge is 2.15. The van der Waals surface area contributed by atoms with Crippen LogP contribution >= 0.6 is 0 Å². The van der Waals surface area contributed by atoms with E-state index in [0.29, 0.717) is 0 Å². The lowest BCUT2D eigenvalue weighted by Crippen LogP contribution is -2.19. The van der Waals surface area contributed by atoms with Gasteiger partial charge < -0.3 is 10.1 Å². The molecular formula is C13H25NO. The molecular weight excluding hydrogens is 186 g/mol. The van der Waals surface area contributed by atoms with Gasteiger partial charge in [-0.05, 0) is 24.7 Å². The second-order valence-electron chi connectivity index (χ2n) is 4.66. The van der Waals surface area contributed by atoms with Crippen LogP contribution in [0.1, 0.15) is 32.6 Å². The maximum Gasteiger partial charge on any atom is 0.0587 e. The molecule has 0 aromatic heterocycles. The third-order valence-electron chi connectivity index (χ3n) is 3.13. The van der Waals surface area contributed by atoms with Crippen LogP contribution in [0.4, 0.5) is 0 Å². The lowest BCUT2D eigenvalue weighted by atomic mass is 9.82. The molecule has 1 aliphatic carbocycles. The second-order valence-corrected chi connectivity index (χ2v) is 4.66. The van der Waals surface area contributed by atoms with Gasteiger partial charge in [0.2, 0.25) is 0 Å². The van der Waals surface area contributed by atoms with Crippen molar-refractivity contribution in [2.75, 3.05) is 26.8 Å². The maximum atomic E-state index is 4.97. The first-order valence-corrected chi connectivity index (χ1v) is 6.19. The van der Waals surface area contributed by atoms with Crippen LogP contribution in [-0.2, 0) is 4.74 Å². The number of hydrogen-bond donors (Lipinski definition) is 1. The smallest absolute Gasteiger partial charge is 0.0587 e. The van der Waals surface area contributed by atoms with Crippen molar-refractivity contribution in [1.82, 2.24) is 5.32 Å². The molecule has 1 saturated carbocycles. The highest BCUT2D eigenvalue weighted by Crippen LogP contribution is 2.29. The van der Waals surface area contributed by atoms with E-state index in [1.807, 2.05) is 0 Å². The largest absolute Gasteiger partial charge is 0.383 e. The van der Waals surface area contributed by atoms with Crippen molar-refractivity contribution >= 4 is 0 Å². The summed E-state index contributed by atoms with van der Waals surface area (Å²) >= 11 is 0. The van der Waals surface area contributed by atoms with Crippen molar-refractivity contribution in [3.05, 3.63) is 12.2 Å². The standard InChI is InChI=1S/C13H25NO/c1-12-5-3-6-13(11-12)7-4-8-14-9-10-15-2/h4,7,12-14H,3,5-6,8-11H2,1-2H3. The molecule has 0 aromatic carbocycles. The molecule has 0 amide bonds. The van der Waals surface area contributed by atoms with Crippen LogP contribution in [-0.4, -0.2) is 26.8 Å². The predicted octanol–water partition coefficient (Wildman–Crippen LogP) is 2.60. The lowest BCUT2D eigenvalue weighted by molar-refractivity contribution is 0.200. The average molecular weight is 211 g/mol. The van der Waals surface area contributed by atoms with Crippen molar-refractivity contribution in [1.29, 1.82) is 0 Å². The van der Waals surface area contributed by atoms with Crippen molar-refractivity contribution in [2.24, 2.45) is 11.8 Å². The Bertz CT molecular complexity index is 179. The van der Waals surface area contributed by atoms with E-state index < -0.39 is 0 Å². The summed E-state index contributed by atoms with van der Waals surface area (Å²) in [6.07, 6.45) is 10.3. The molecule has 0 heterocycles. The first-order valence-electron chi connectivity index (χ1n) is 6.19. The van der Waals surface area contributed by atoms with E-state index in [0.717, 1.165) is 31.5 Å². The van der Waals surface area contributed by atoms with Crippen LogP contribution in [0.15, 0.2) is 12.2 Å². The van der Waals surface area contributed by atoms with Crippen molar-refractivity contribution in [3.8, 4) is 0 Å². The Hall–Kier alpha value is -0.340. The first kappa shape index (κ1) is 12.7. The van der Waals surface area contributed by atoms with E-state index in [1.54, 1.807) is 7.11 Å². The minimum atomic E-state index is 0.800. The van der Waals surface area contributed by atoms with Gasteiger partial charge in [0, 0.05) is 20.2 Å². The zero-order chi connectivity index (χ0) is 10.9. The molecule has 1 fully saturated rings. The normalized spacial score (nSPS) is 27.3. The summed E-state index contributed by atoms with van der Waals surface area (Å²) in [7, 11) is 1.74. The van der Waals surface area contributed by atoms with Crippen LogP contribution in [0.3, 0.4) is 0 Å². The Morgan fingerprint density at radius 2 is 2.27 bits per heavy atom. The van der Waals surface area contributed by atoms with Gasteiger partial charge in [-0.1, -0.05) is 31.9 Å². The molecule has 15 heavy (non-hydrogen) atoms. The van der Waals surface area contributed by atoms with Gasteiger partial charge in [0.1, 0.15) is 0 Å². The Labute approximate surface area is 94.1 Å². The summed E-state index contributed by atoms with van der Waals surface area (Å²) < 4.78 is 4.97. The number of allylic oxidation sites excluding steroid dienone is 1. The van der Waals surface area contributed by atoms with E-state index in [2.05, 4.69) is 24.4 Å². The predicted molar refractivity (Wildman–Crippen MR) is 65.0 cm³/mol. The van der Waals surface area contributed by atoms with Crippen LogP contribution in [0.5, 0.6) is 0 Å². The van der Waals surface area contributed by atoms with Gasteiger partial charge in [-0.25, -0.2) is 0 Å². The van der Waals surface area contributed by atoms with Gasteiger partial charge in [0.15, 0.2) is 0 Å². The lowest BCUT2D eigenvalue weighted by Gasteiger charge is -2.24. The van der Waals surface area contributed by atoms with E-state index in [1.165, 1.54) is 25.7 Å². The number of hydrogen-bond acceptors (Lipinski definition) is 2. The molecule has 1 rings (SSSR count). The molecule has 1 aliphatic rings. The van der Waals surface area contributed by atoms with Gasteiger partial charge in [-0.2, -0.15) is 0 Å². The quantitative estimate of drug-likeness (QED) is 0.538. The Morgan fingerprint density at radius 1 is 1.40 bits per heavy atom. The Balaban J connectivity index is 2.03. The molecule has 0 saturated heterocycles. The highest BCUT2D eigenvalue weighted by atomic mass is 16.5. The molecule has 1 N–H and O–H groups in total. The highest BCUT2D eigenvalue weighted by molar-refractivity contribution is 4.92. The Kier molecular flexibility index (Phi) is 6.69. The molecule has 88 valence electrons. The summed E-state index contributed by atoms with van der Waals surface area (Å²) in [5.41, 5.74) is 0. The molecule has 0 radical (unpaired) electrons. The molecule has 0 spiro atoms. The van der Waals surface area contributed by atoms with Crippen LogP contribution in [0, 0.1) is 11.8 Å². The average Bonchev–Trinajstić information content (AvgIpc) is 2.23. The third-order valence-corrected chi connectivity index (χ3v) is 3.13. The monoisotopic (exact) mass is 211 g/mol. The summed E-state index contributed by atoms with van der Waals surface area (Å²) in [5.74, 6) is 1.76. The van der Waals surface area contributed by atoms with Gasteiger partial charge in [0.05, 0.1) is 6.61 Å². The number of rotatable bonds is 6. The molecule has 2 atom stereocenters. The number of nitrogens with one attached hydrogen (secondary N) is 1. The summed E-state index contributed by atoms with van der Waals surface area (Å²) in [5, 5.41) is 3.33. The molecule has 0 aromatic rings. The number of ether oxygens (including phenoxy) is 1. The van der Waals surface area contributed by atoms with Crippen LogP contribution in [0.25, 0.3) is 0 Å². The van der Waals surface area contributed by atoms with E-state index in [4.69, 9.17) is 4.74 Å². The van der Waals surface area contributed by atoms with Crippen molar-refractivity contribution in [3.63, 3.8) is 0 Å². The summed E-state index contributed by atoms with van der Waals surface area (Å²) in [4.78, 5) is 0. The number of methoxy groups -OCH3 is 1. The fourth-order valence-corrected chi connectivity index (χ4v) is 2.28. The zero-order valence-corrected chi connectivity index (χ0v) is 10.2. The van der Waals surface area contributed by atoms with Gasteiger partial charge in [-0.3, -0.25) is 0 Å². The molecule has 0 bridgehead atoms.